The first-order valence-electron chi connectivity index (χ1n) is 16.4. The number of hydrogen-bond donors (Lipinski definition) is 1. The van der Waals surface area contributed by atoms with Crippen molar-refractivity contribution >= 4 is 22.1 Å². The summed E-state index contributed by atoms with van der Waals surface area (Å²) in [7, 11) is 0. The minimum absolute atomic E-state index is 0.380. The molecular weight excluding hydrogens is 530 g/mol. The van der Waals surface area contributed by atoms with Gasteiger partial charge in [-0.15, -0.1) is 13.2 Å². The molecule has 0 fully saturated rings. The molecule has 4 aromatic rings. The highest BCUT2D eigenvalue weighted by atomic mass is 14.9. The first-order chi connectivity index (χ1) is 21.3. The summed E-state index contributed by atoms with van der Waals surface area (Å²) in [6, 6.07) is 33.0. The van der Waals surface area contributed by atoms with Gasteiger partial charge in [0.25, 0.3) is 0 Å². The maximum atomic E-state index is 4.52. The molecule has 0 bridgehead atoms. The third-order valence-electron chi connectivity index (χ3n) is 9.28. The Morgan fingerprint density at radius 1 is 0.818 bits per heavy atom. The van der Waals surface area contributed by atoms with Gasteiger partial charge < -0.3 is 5.32 Å². The van der Waals surface area contributed by atoms with Gasteiger partial charge in [-0.1, -0.05) is 110 Å². The lowest BCUT2D eigenvalue weighted by Crippen LogP contribution is -2.16. The van der Waals surface area contributed by atoms with Crippen molar-refractivity contribution in [3.63, 3.8) is 0 Å². The number of fused-ring (bicyclic) bond motifs is 1. The van der Waals surface area contributed by atoms with Crippen LogP contribution in [-0.4, -0.2) is 0 Å². The maximum Gasteiger partial charge on any atom is 0.0384 e. The van der Waals surface area contributed by atoms with E-state index in [-0.39, 0.29) is 0 Å². The van der Waals surface area contributed by atoms with Crippen LogP contribution in [0.1, 0.15) is 77.7 Å². The van der Waals surface area contributed by atoms with Crippen molar-refractivity contribution in [1.29, 1.82) is 0 Å². The smallest absolute Gasteiger partial charge is 0.0384 e. The highest BCUT2D eigenvalue weighted by Crippen LogP contribution is 2.40. The summed E-state index contributed by atoms with van der Waals surface area (Å²) < 4.78 is 0. The van der Waals surface area contributed by atoms with Gasteiger partial charge in [-0.2, -0.15) is 0 Å². The monoisotopic (exact) mass is 581 g/mol. The van der Waals surface area contributed by atoms with Crippen molar-refractivity contribution in [3.8, 4) is 11.1 Å². The molecular formula is C43H51N. The Labute approximate surface area is 267 Å². The second kappa shape index (κ2) is 16.1. The molecule has 0 aliphatic heterocycles. The molecule has 228 valence electrons. The van der Waals surface area contributed by atoms with E-state index >= 15 is 0 Å². The van der Waals surface area contributed by atoms with Crippen molar-refractivity contribution in [2.45, 2.75) is 72.1 Å². The first kappa shape index (κ1) is 32.8. The average Bonchev–Trinajstić information content (AvgIpc) is 3.05. The molecule has 4 aromatic carbocycles. The summed E-state index contributed by atoms with van der Waals surface area (Å²) in [5.41, 5.74) is 10.2. The normalized spacial score (nSPS) is 13.7. The van der Waals surface area contributed by atoms with Gasteiger partial charge in [0.1, 0.15) is 0 Å². The zero-order chi connectivity index (χ0) is 31.5. The molecule has 3 atom stereocenters. The van der Waals surface area contributed by atoms with Gasteiger partial charge in [0.15, 0.2) is 0 Å². The van der Waals surface area contributed by atoms with Crippen LogP contribution in [0.25, 0.3) is 21.9 Å². The molecule has 44 heavy (non-hydrogen) atoms. The van der Waals surface area contributed by atoms with E-state index < -0.39 is 0 Å². The van der Waals surface area contributed by atoms with E-state index in [4.69, 9.17) is 0 Å². The summed E-state index contributed by atoms with van der Waals surface area (Å²) in [5.74, 6) is 1.35. The summed E-state index contributed by atoms with van der Waals surface area (Å²) in [5, 5.41) is 6.15. The summed E-state index contributed by atoms with van der Waals surface area (Å²) >= 11 is 0. The quantitative estimate of drug-likeness (QED) is 0.130. The second-order valence-corrected chi connectivity index (χ2v) is 12.4. The van der Waals surface area contributed by atoms with Crippen molar-refractivity contribution in [2.75, 3.05) is 5.32 Å². The maximum absolute atomic E-state index is 4.52. The van der Waals surface area contributed by atoms with Crippen LogP contribution in [0.4, 0.5) is 11.4 Å². The van der Waals surface area contributed by atoms with Crippen LogP contribution in [0.5, 0.6) is 0 Å². The van der Waals surface area contributed by atoms with Crippen LogP contribution in [0.15, 0.2) is 140 Å². The highest BCUT2D eigenvalue weighted by Gasteiger charge is 2.25. The summed E-state index contributed by atoms with van der Waals surface area (Å²) in [6.07, 6.45) is 10.8. The molecule has 0 amide bonds. The lowest BCUT2D eigenvalue weighted by Gasteiger charge is -2.30. The number of rotatable bonds is 16. The molecule has 4 rings (SSSR count). The first-order valence-corrected chi connectivity index (χ1v) is 16.4. The fourth-order valence-electron chi connectivity index (χ4n) is 6.32. The van der Waals surface area contributed by atoms with E-state index in [2.05, 4.69) is 150 Å². The number of anilines is 2. The lowest BCUT2D eigenvalue weighted by molar-refractivity contribution is 0.454. The highest BCUT2D eigenvalue weighted by molar-refractivity contribution is 5.87. The zero-order valence-corrected chi connectivity index (χ0v) is 27.4. The number of benzene rings is 4. The third kappa shape index (κ3) is 8.73. The van der Waals surface area contributed by atoms with Crippen LogP contribution in [-0.2, 0) is 0 Å². The van der Waals surface area contributed by atoms with Crippen LogP contribution in [0, 0.1) is 11.8 Å². The molecule has 0 saturated heterocycles. The van der Waals surface area contributed by atoms with Gasteiger partial charge >= 0.3 is 0 Å². The van der Waals surface area contributed by atoms with E-state index in [1.165, 1.54) is 45.0 Å². The molecule has 1 heteroatoms. The minimum atomic E-state index is 0.380. The molecule has 1 N–H and O–H groups in total. The van der Waals surface area contributed by atoms with Crippen molar-refractivity contribution < 1.29 is 0 Å². The van der Waals surface area contributed by atoms with Gasteiger partial charge in [-0.05, 0) is 128 Å². The van der Waals surface area contributed by atoms with Crippen molar-refractivity contribution in [2.24, 2.45) is 11.8 Å². The largest absolute Gasteiger partial charge is 0.356 e. The molecule has 0 aromatic heterocycles. The Hall–Kier alpha value is -4.10. The Morgan fingerprint density at radius 2 is 1.45 bits per heavy atom. The van der Waals surface area contributed by atoms with Crippen LogP contribution < -0.4 is 5.32 Å². The van der Waals surface area contributed by atoms with E-state index in [0.717, 1.165) is 43.5 Å². The van der Waals surface area contributed by atoms with Gasteiger partial charge in [0.05, 0.1) is 0 Å². The van der Waals surface area contributed by atoms with Crippen molar-refractivity contribution in [1.82, 2.24) is 0 Å². The molecule has 0 aliphatic carbocycles. The summed E-state index contributed by atoms with van der Waals surface area (Å²) in [6.45, 7) is 21.7. The fraction of sp³-hybridized carbons (Fsp3) is 0.302. The van der Waals surface area contributed by atoms with Crippen LogP contribution >= 0.6 is 0 Å². The van der Waals surface area contributed by atoms with E-state index in [9.17, 15) is 0 Å². The standard InChI is InChI=1S/C43H51N/c1-8-11-14-32(6)33(7)43(30-35(10-3)34(9-2)18-17-31(4)5)38-23-27-42(28-24-38)44-41-25-21-37(22-26-41)40-20-19-36-15-12-13-16-39(36)29-40/h8,10,12-13,15-16,19-29,33-34,43-44H,1,4,6,9,11,14,17-18,30H2,2-3,5,7H3/b35-10+. The lowest BCUT2D eigenvalue weighted by atomic mass is 9.75. The van der Waals surface area contributed by atoms with Crippen LogP contribution in [0.2, 0.25) is 0 Å². The Balaban J connectivity index is 1.51. The van der Waals surface area contributed by atoms with Gasteiger partial charge in [0, 0.05) is 11.4 Å². The number of nitrogens with one attached hydrogen (secondary N) is 1. The Kier molecular flexibility index (Phi) is 12.0. The van der Waals surface area contributed by atoms with Gasteiger partial charge in [-0.25, -0.2) is 0 Å². The molecule has 0 saturated carbocycles. The zero-order valence-electron chi connectivity index (χ0n) is 27.4. The van der Waals surface area contributed by atoms with Crippen LogP contribution in [0.3, 0.4) is 0 Å². The molecule has 0 spiro atoms. The van der Waals surface area contributed by atoms with E-state index in [1.807, 2.05) is 6.08 Å². The number of hydrogen-bond acceptors (Lipinski definition) is 1. The molecule has 0 aliphatic rings. The predicted molar refractivity (Wildman–Crippen MR) is 196 cm³/mol. The topological polar surface area (TPSA) is 12.0 Å². The fourth-order valence-corrected chi connectivity index (χ4v) is 6.32. The predicted octanol–water partition coefficient (Wildman–Crippen LogP) is 13.2. The Morgan fingerprint density at radius 3 is 2.07 bits per heavy atom. The number of allylic oxidation sites excluding steroid dienone is 5. The van der Waals surface area contributed by atoms with E-state index in [0.29, 0.717) is 17.8 Å². The Bertz CT molecular complexity index is 1570. The molecule has 1 nitrogen and oxygen atoms in total. The summed E-state index contributed by atoms with van der Waals surface area (Å²) in [4.78, 5) is 0. The van der Waals surface area contributed by atoms with Gasteiger partial charge in [-0.3, -0.25) is 0 Å². The van der Waals surface area contributed by atoms with Crippen molar-refractivity contribution in [3.05, 3.63) is 145 Å². The molecule has 0 radical (unpaired) electrons. The van der Waals surface area contributed by atoms with E-state index in [1.54, 1.807) is 5.57 Å². The molecule has 3 unspecified atom stereocenters. The SMILES string of the molecule is C=CCCC(=C)C(C)C(C/C(=C\C)C(CC)CCC(=C)C)c1ccc(Nc2ccc(-c3ccc4ccccc4c3)cc2)cc1. The minimum Gasteiger partial charge on any atom is -0.356 e. The second-order valence-electron chi connectivity index (χ2n) is 12.4. The average molecular weight is 582 g/mol. The van der Waals surface area contributed by atoms with Gasteiger partial charge in [0.2, 0.25) is 0 Å². The third-order valence-corrected chi connectivity index (χ3v) is 9.28. The molecule has 0 heterocycles.